The lowest BCUT2D eigenvalue weighted by Gasteiger charge is -2.31. The summed E-state index contributed by atoms with van der Waals surface area (Å²) < 4.78 is 4.75. The van der Waals surface area contributed by atoms with Crippen LogP contribution in [0.4, 0.5) is 0 Å². The Labute approximate surface area is 111 Å². The summed E-state index contributed by atoms with van der Waals surface area (Å²) in [6, 6.07) is 1.96. The largest absolute Gasteiger partial charge is 0.469 e. The second-order valence-electron chi connectivity index (χ2n) is 4.51. The number of carbonyl (C=O) groups is 2. The van der Waals surface area contributed by atoms with E-state index in [2.05, 4.69) is 0 Å². The van der Waals surface area contributed by atoms with Crippen molar-refractivity contribution < 1.29 is 14.3 Å². The van der Waals surface area contributed by atoms with Gasteiger partial charge in [-0.15, -0.1) is 0 Å². The second-order valence-corrected chi connectivity index (χ2v) is 5.29. The van der Waals surface area contributed by atoms with Gasteiger partial charge in [0.05, 0.1) is 19.4 Å². The van der Waals surface area contributed by atoms with E-state index in [4.69, 9.17) is 4.74 Å². The molecule has 0 spiro atoms. The van der Waals surface area contributed by atoms with Crippen molar-refractivity contribution in [2.75, 3.05) is 20.2 Å². The van der Waals surface area contributed by atoms with Crippen LogP contribution in [0.3, 0.4) is 0 Å². The number of methoxy groups -OCH3 is 1. The molecule has 4 nitrogen and oxygen atoms in total. The van der Waals surface area contributed by atoms with Gasteiger partial charge in [-0.1, -0.05) is 0 Å². The van der Waals surface area contributed by atoms with Crippen LogP contribution in [0.25, 0.3) is 0 Å². The predicted octanol–water partition coefficient (Wildman–Crippen LogP) is 1.70. The molecule has 5 heteroatoms. The summed E-state index contributed by atoms with van der Waals surface area (Å²) >= 11 is 1.59. The van der Waals surface area contributed by atoms with Crippen molar-refractivity contribution in [2.24, 2.45) is 5.92 Å². The van der Waals surface area contributed by atoms with Gasteiger partial charge in [0.2, 0.25) is 5.91 Å². The maximum absolute atomic E-state index is 12.1. The molecule has 18 heavy (non-hydrogen) atoms. The molecule has 0 bridgehead atoms. The van der Waals surface area contributed by atoms with E-state index < -0.39 is 0 Å². The van der Waals surface area contributed by atoms with E-state index in [9.17, 15) is 9.59 Å². The van der Waals surface area contributed by atoms with Gasteiger partial charge in [-0.25, -0.2) is 0 Å². The molecule has 0 aliphatic carbocycles. The first kappa shape index (κ1) is 13.1. The Morgan fingerprint density at radius 1 is 1.56 bits per heavy atom. The zero-order chi connectivity index (χ0) is 13.0. The summed E-state index contributed by atoms with van der Waals surface area (Å²) in [5.41, 5.74) is 1.05. The highest BCUT2D eigenvalue weighted by molar-refractivity contribution is 7.07. The fourth-order valence-corrected chi connectivity index (χ4v) is 2.91. The van der Waals surface area contributed by atoms with E-state index in [-0.39, 0.29) is 17.8 Å². The van der Waals surface area contributed by atoms with Gasteiger partial charge in [-0.05, 0) is 35.2 Å². The highest BCUT2D eigenvalue weighted by Gasteiger charge is 2.28. The molecule has 1 unspecified atom stereocenters. The molecule has 98 valence electrons. The van der Waals surface area contributed by atoms with Crippen molar-refractivity contribution in [2.45, 2.75) is 19.3 Å². The molecule has 1 aromatic rings. The average molecular weight is 267 g/mol. The molecule has 1 aliphatic heterocycles. The number of nitrogens with zero attached hydrogens (tertiary/aromatic N) is 1. The van der Waals surface area contributed by atoms with E-state index in [1.54, 1.807) is 16.2 Å². The summed E-state index contributed by atoms with van der Waals surface area (Å²) in [6.45, 7) is 1.24. The van der Waals surface area contributed by atoms with Crippen LogP contribution in [0.5, 0.6) is 0 Å². The third-order valence-electron chi connectivity index (χ3n) is 3.24. The van der Waals surface area contributed by atoms with Crippen molar-refractivity contribution in [3.8, 4) is 0 Å². The lowest BCUT2D eigenvalue weighted by molar-refractivity contribution is -0.148. The quantitative estimate of drug-likeness (QED) is 0.783. The van der Waals surface area contributed by atoms with Crippen LogP contribution in [0.2, 0.25) is 0 Å². The molecule has 1 atom stereocenters. The molecule has 0 N–H and O–H groups in total. The topological polar surface area (TPSA) is 46.6 Å². The third-order valence-corrected chi connectivity index (χ3v) is 3.98. The van der Waals surface area contributed by atoms with E-state index in [0.717, 1.165) is 24.9 Å². The van der Waals surface area contributed by atoms with Gasteiger partial charge in [0.1, 0.15) is 0 Å². The minimum atomic E-state index is -0.206. The molecular weight excluding hydrogens is 250 g/mol. The van der Waals surface area contributed by atoms with Gasteiger partial charge in [0.15, 0.2) is 0 Å². The molecular formula is C13H17NO3S. The van der Waals surface area contributed by atoms with E-state index in [0.29, 0.717) is 13.0 Å². The zero-order valence-corrected chi connectivity index (χ0v) is 11.2. The van der Waals surface area contributed by atoms with Crippen molar-refractivity contribution in [1.82, 2.24) is 4.90 Å². The molecule has 1 amide bonds. The number of piperidine rings is 1. The first-order valence-corrected chi connectivity index (χ1v) is 7.01. The van der Waals surface area contributed by atoms with Gasteiger partial charge in [0, 0.05) is 13.1 Å². The molecule has 1 saturated heterocycles. The fraction of sp³-hybridized carbons (Fsp3) is 0.538. The summed E-state index contributed by atoms with van der Waals surface area (Å²) in [4.78, 5) is 25.4. The van der Waals surface area contributed by atoms with E-state index in [1.807, 2.05) is 16.8 Å². The second kappa shape index (κ2) is 6.00. The number of likely N-dealkylation sites (tertiary alicyclic amines) is 1. The summed E-state index contributed by atoms with van der Waals surface area (Å²) in [7, 11) is 1.40. The van der Waals surface area contributed by atoms with Gasteiger partial charge in [-0.3, -0.25) is 9.59 Å². The summed E-state index contributed by atoms with van der Waals surface area (Å²) in [6.07, 6.45) is 2.11. The number of ether oxygens (including phenoxy) is 1. The number of thiophene rings is 1. The van der Waals surface area contributed by atoms with Crippen LogP contribution in [0, 0.1) is 5.92 Å². The molecule has 0 radical (unpaired) electrons. The van der Waals surface area contributed by atoms with Crippen LogP contribution in [0.1, 0.15) is 18.4 Å². The number of hydrogen-bond donors (Lipinski definition) is 0. The first-order chi connectivity index (χ1) is 8.70. The molecule has 0 saturated carbocycles. The number of hydrogen-bond acceptors (Lipinski definition) is 4. The van der Waals surface area contributed by atoms with Gasteiger partial charge in [0.25, 0.3) is 0 Å². The maximum Gasteiger partial charge on any atom is 0.310 e. The molecule has 1 fully saturated rings. The van der Waals surface area contributed by atoms with Gasteiger partial charge >= 0.3 is 5.97 Å². The summed E-state index contributed by atoms with van der Waals surface area (Å²) in [5, 5.41) is 3.95. The number of amides is 1. The van der Waals surface area contributed by atoms with Crippen LogP contribution in [-0.4, -0.2) is 37.0 Å². The molecule has 1 aliphatic rings. The Bertz CT molecular complexity index is 416. The Morgan fingerprint density at radius 2 is 2.39 bits per heavy atom. The van der Waals surface area contributed by atoms with E-state index in [1.165, 1.54) is 7.11 Å². The normalized spacial score (nSPS) is 19.6. The third kappa shape index (κ3) is 3.10. The SMILES string of the molecule is COC(=O)C1CCCN(C(=O)Cc2ccsc2)C1. The minimum absolute atomic E-state index is 0.0991. The van der Waals surface area contributed by atoms with Crippen LogP contribution >= 0.6 is 11.3 Å². The van der Waals surface area contributed by atoms with Crippen molar-refractivity contribution in [3.63, 3.8) is 0 Å². The van der Waals surface area contributed by atoms with Crippen LogP contribution < -0.4 is 0 Å². The summed E-state index contributed by atoms with van der Waals surface area (Å²) in [5.74, 6) is -0.264. The smallest absolute Gasteiger partial charge is 0.310 e. The molecule has 0 aromatic carbocycles. The standard InChI is InChI=1S/C13H17NO3S/c1-17-13(16)11-3-2-5-14(8-11)12(15)7-10-4-6-18-9-10/h4,6,9,11H,2-3,5,7-8H2,1H3. The van der Waals surface area contributed by atoms with Crippen LogP contribution in [-0.2, 0) is 20.7 Å². The van der Waals surface area contributed by atoms with Crippen molar-refractivity contribution >= 4 is 23.2 Å². The van der Waals surface area contributed by atoms with E-state index >= 15 is 0 Å². The van der Waals surface area contributed by atoms with Gasteiger partial charge in [-0.2, -0.15) is 11.3 Å². The zero-order valence-electron chi connectivity index (χ0n) is 10.4. The number of rotatable bonds is 3. The Kier molecular flexibility index (Phi) is 4.36. The Hall–Kier alpha value is -1.36. The van der Waals surface area contributed by atoms with Crippen molar-refractivity contribution in [1.29, 1.82) is 0 Å². The molecule has 1 aromatic heterocycles. The lowest BCUT2D eigenvalue weighted by Crippen LogP contribution is -2.43. The highest BCUT2D eigenvalue weighted by Crippen LogP contribution is 2.19. The number of carbonyl (C=O) groups excluding carboxylic acids is 2. The van der Waals surface area contributed by atoms with Crippen molar-refractivity contribution in [3.05, 3.63) is 22.4 Å². The highest BCUT2D eigenvalue weighted by atomic mass is 32.1. The fourth-order valence-electron chi connectivity index (χ4n) is 2.24. The maximum atomic E-state index is 12.1. The average Bonchev–Trinajstić information content (AvgIpc) is 2.90. The lowest BCUT2D eigenvalue weighted by atomic mass is 9.98. The van der Waals surface area contributed by atoms with Crippen LogP contribution in [0.15, 0.2) is 16.8 Å². The predicted molar refractivity (Wildman–Crippen MR) is 69.3 cm³/mol. The molecule has 2 rings (SSSR count). The Balaban J connectivity index is 1.92. The molecule has 2 heterocycles. The number of esters is 1. The monoisotopic (exact) mass is 267 g/mol. The van der Waals surface area contributed by atoms with Gasteiger partial charge < -0.3 is 9.64 Å². The minimum Gasteiger partial charge on any atom is -0.469 e. The first-order valence-electron chi connectivity index (χ1n) is 6.07. The Morgan fingerprint density at radius 3 is 3.06 bits per heavy atom.